The van der Waals surface area contributed by atoms with Crippen LogP contribution in [0.2, 0.25) is 0 Å². The average molecular weight is 310 g/mol. The van der Waals surface area contributed by atoms with Crippen LogP contribution in [0, 0.1) is 0 Å². The van der Waals surface area contributed by atoms with Crippen molar-refractivity contribution in [3.05, 3.63) is 22.1 Å². The van der Waals surface area contributed by atoms with Crippen molar-refractivity contribution in [2.24, 2.45) is 0 Å². The maximum atomic E-state index is 11.9. The molecule has 3 heterocycles. The third-order valence-corrected chi connectivity index (χ3v) is 3.65. The molecular weight excluding hydrogens is 296 g/mol. The Bertz CT molecular complexity index is 784. The van der Waals surface area contributed by atoms with Gasteiger partial charge in [0.15, 0.2) is 18.2 Å². The predicted molar refractivity (Wildman–Crippen MR) is 73.2 cm³/mol. The monoisotopic (exact) mass is 310 g/mol. The summed E-state index contributed by atoms with van der Waals surface area (Å²) >= 11 is 0. The van der Waals surface area contributed by atoms with Crippen LogP contribution in [0.3, 0.4) is 0 Å². The van der Waals surface area contributed by atoms with E-state index in [1.165, 1.54) is 10.8 Å². The third-order valence-electron chi connectivity index (χ3n) is 3.65. The number of nitrogens with two attached hydrogens (primary N) is 1. The van der Waals surface area contributed by atoms with Crippen LogP contribution in [0.4, 0.5) is 5.95 Å². The topological polar surface area (TPSA) is 164 Å². The fraction of sp³-hybridized carbons (Fsp3) is 0.417. The highest BCUT2D eigenvalue weighted by atomic mass is 16.6. The summed E-state index contributed by atoms with van der Waals surface area (Å²) in [5.41, 5.74) is 4.98. The van der Waals surface area contributed by atoms with Crippen molar-refractivity contribution >= 4 is 23.3 Å². The second kappa shape index (κ2) is 5.18. The summed E-state index contributed by atoms with van der Waals surface area (Å²) in [5, 5.41) is 29.0. The Morgan fingerprint density at radius 3 is 2.77 bits per heavy atom. The molecule has 2 aromatic rings. The number of carbonyl (C=O) groups is 1. The number of aliphatic hydroxyl groups is 3. The number of fused-ring (bicyclic) bond motifs is 1. The molecule has 2 aromatic heterocycles. The second-order valence-electron chi connectivity index (χ2n) is 4.99. The van der Waals surface area contributed by atoms with Gasteiger partial charge in [0.25, 0.3) is 5.56 Å². The molecular formula is C12H14N4O6. The van der Waals surface area contributed by atoms with Crippen molar-refractivity contribution in [3.63, 3.8) is 0 Å². The van der Waals surface area contributed by atoms with E-state index in [9.17, 15) is 19.8 Å². The van der Waals surface area contributed by atoms with Crippen molar-refractivity contribution in [1.82, 2.24) is 14.5 Å². The molecule has 0 bridgehead atoms. The van der Waals surface area contributed by atoms with Gasteiger partial charge in [0.05, 0.1) is 12.0 Å². The van der Waals surface area contributed by atoms with E-state index in [1.54, 1.807) is 0 Å². The van der Waals surface area contributed by atoms with Crippen LogP contribution in [0.15, 0.2) is 11.0 Å². The van der Waals surface area contributed by atoms with Crippen molar-refractivity contribution in [3.8, 4) is 0 Å². The van der Waals surface area contributed by atoms with Gasteiger partial charge in [-0.2, -0.15) is 4.98 Å². The minimum atomic E-state index is -1.37. The van der Waals surface area contributed by atoms with Gasteiger partial charge in [-0.25, -0.2) is 0 Å². The van der Waals surface area contributed by atoms with Crippen LogP contribution in [-0.4, -0.2) is 61.1 Å². The minimum absolute atomic E-state index is 0.00179. The number of H-pyrrole nitrogens is 1. The molecule has 1 aliphatic rings. The van der Waals surface area contributed by atoms with Crippen LogP contribution in [0.25, 0.3) is 11.0 Å². The molecule has 22 heavy (non-hydrogen) atoms. The van der Waals surface area contributed by atoms with Crippen LogP contribution < -0.4 is 11.3 Å². The van der Waals surface area contributed by atoms with E-state index in [0.29, 0.717) is 6.29 Å². The molecule has 0 aromatic carbocycles. The maximum absolute atomic E-state index is 11.9. The van der Waals surface area contributed by atoms with Crippen molar-refractivity contribution < 1.29 is 24.9 Å². The number of nitrogen functional groups attached to an aromatic ring is 1. The molecule has 1 saturated heterocycles. The third kappa shape index (κ3) is 2.01. The molecule has 0 saturated carbocycles. The highest BCUT2D eigenvalue weighted by Crippen LogP contribution is 2.32. The Balaban J connectivity index is 2.20. The highest BCUT2D eigenvalue weighted by molar-refractivity contribution is 5.95. The Morgan fingerprint density at radius 1 is 1.45 bits per heavy atom. The fourth-order valence-electron chi connectivity index (χ4n) is 2.59. The number of aromatic nitrogens is 3. The van der Waals surface area contributed by atoms with E-state index in [2.05, 4.69) is 9.97 Å². The molecule has 0 unspecified atom stereocenters. The quantitative estimate of drug-likeness (QED) is 0.396. The van der Waals surface area contributed by atoms with E-state index < -0.39 is 36.7 Å². The van der Waals surface area contributed by atoms with E-state index in [-0.39, 0.29) is 22.5 Å². The van der Waals surface area contributed by atoms with Gasteiger partial charge >= 0.3 is 0 Å². The average Bonchev–Trinajstić information content (AvgIpc) is 2.98. The van der Waals surface area contributed by atoms with Crippen LogP contribution >= 0.6 is 0 Å². The molecule has 118 valence electrons. The number of aromatic amines is 1. The van der Waals surface area contributed by atoms with Crippen LogP contribution in [0.5, 0.6) is 0 Å². The normalized spacial score (nSPS) is 28.3. The number of anilines is 1. The Morgan fingerprint density at radius 2 is 2.18 bits per heavy atom. The summed E-state index contributed by atoms with van der Waals surface area (Å²) in [6, 6.07) is 0. The lowest BCUT2D eigenvalue weighted by atomic mass is 10.1. The maximum Gasteiger partial charge on any atom is 0.262 e. The number of hydrogen-bond donors (Lipinski definition) is 5. The number of aldehydes is 1. The summed E-state index contributed by atoms with van der Waals surface area (Å²) in [5.74, 6) is -0.166. The van der Waals surface area contributed by atoms with E-state index >= 15 is 0 Å². The zero-order valence-electron chi connectivity index (χ0n) is 11.2. The molecule has 1 aliphatic heterocycles. The Labute approximate surface area is 122 Å². The minimum Gasteiger partial charge on any atom is -0.394 e. The first kappa shape index (κ1) is 14.7. The van der Waals surface area contributed by atoms with Crippen LogP contribution in [-0.2, 0) is 4.74 Å². The largest absolute Gasteiger partial charge is 0.394 e. The summed E-state index contributed by atoms with van der Waals surface area (Å²) in [6.45, 7) is -0.495. The molecule has 10 nitrogen and oxygen atoms in total. The van der Waals surface area contributed by atoms with Gasteiger partial charge < -0.3 is 30.4 Å². The van der Waals surface area contributed by atoms with Gasteiger partial charge in [0, 0.05) is 11.8 Å². The lowest BCUT2D eigenvalue weighted by Crippen LogP contribution is -2.33. The van der Waals surface area contributed by atoms with E-state index in [0.717, 1.165) is 0 Å². The molecule has 3 rings (SSSR count). The van der Waals surface area contributed by atoms with Gasteiger partial charge in [-0.3, -0.25) is 14.6 Å². The zero-order valence-corrected chi connectivity index (χ0v) is 11.2. The second-order valence-corrected chi connectivity index (χ2v) is 4.99. The van der Waals surface area contributed by atoms with Crippen molar-refractivity contribution in [2.45, 2.75) is 24.5 Å². The van der Waals surface area contributed by atoms with E-state index in [4.69, 9.17) is 15.6 Å². The number of ether oxygens (including phenoxy) is 1. The number of hydrogen-bond acceptors (Lipinski definition) is 8. The zero-order chi connectivity index (χ0) is 16.0. The molecule has 10 heteroatoms. The molecule has 0 amide bonds. The summed E-state index contributed by atoms with van der Waals surface area (Å²) in [7, 11) is 0. The van der Waals surface area contributed by atoms with Crippen LogP contribution in [0.1, 0.15) is 16.6 Å². The lowest BCUT2D eigenvalue weighted by molar-refractivity contribution is -0.0508. The summed E-state index contributed by atoms with van der Waals surface area (Å²) < 4.78 is 6.62. The molecule has 6 N–H and O–H groups in total. The molecule has 0 aliphatic carbocycles. The van der Waals surface area contributed by atoms with Crippen molar-refractivity contribution in [2.75, 3.05) is 12.3 Å². The number of nitrogens with one attached hydrogen (secondary N) is 1. The van der Waals surface area contributed by atoms with Gasteiger partial charge in [0.2, 0.25) is 5.95 Å². The first-order valence-corrected chi connectivity index (χ1v) is 6.46. The Kier molecular flexibility index (Phi) is 3.45. The van der Waals surface area contributed by atoms with Gasteiger partial charge in [-0.1, -0.05) is 0 Å². The lowest BCUT2D eigenvalue weighted by Gasteiger charge is -2.17. The summed E-state index contributed by atoms with van der Waals surface area (Å²) in [4.78, 5) is 29.3. The first-order valence-electron chi connectivity index (χ1n) is 6.46. The smallest absolute Gasteiger partial charge is 0.262 e. The Hall–Kier alpha value is -2.27. The number of nitrogens with zero attached hydrogens (tertiary/aromatic N) is 2. The first-order chi connectivity index (χ1) is 10.5. The summed E-state index contributed by atoms with van der Waals surface area (Å²) in [6.07, 6.45) is -3.04. The molecule has 0 radical (unpaired) electrons. The van der Waals surface area contributed by atoms with Gasteiger partial charge in [-0.05, 0) is 0 Å². The SMILES string of the molecule is Nc1nc2c(c(C=O)cn2[C@@H]2O[C@H](CO)[C@@H](O)[C@@H]2O)c(=O)[nH]1. The van der Waals surface area contributed by atoms with Crippen molar-refractivity contribution in [1.29, 1.82) is 0 Å². The fourth-order valence-corrected chi connectivity index (χ4v) is 2.59. The molecule has 1 fully saturated rings. The van der Waals surface area contributed by atoms with Gasteiger partial charge in [0.1, 0.15) is 18.3 Å². The number of rotatable bonds is 3. The number of aliphatic hydroxyl groups excluding tert-OH is 3. The molecule has 4 atom stereocenters. The van der Waals surface area contributed by atoms with E-state index in [1.807, 2.05) is 0 Å². The van der Waals surface area contributed by atoms with Gasteiger partial charge in [-0.15, -0.1) is 0 Å². The molecule has 0 spiro atoms. The number of carbonyl (C=O) groups excluding carboxylic acids is 1. The standard InChI is InChI=1S/C12H14N4O6/c13-12-14-9-6(10(21)15-12)4(2-17)1-16(9)11-8(20)7(19)5(3-18)22-11/h1-2,5,7-8,11,18-20H,3H2,(H3,13,14,15,21)/t5-,7-,8+,11-/m1/s1. The highest BCUT2D eigenvalue weighted by Gasteiger charge is 2.44. The predicted octanol–water partition coefficient (Wildman–Crippen LogP) is -2.27.